The van der Waals surface area contributed by atoms with Crippen LogP contribution in [-0.4, -0.2) is 17.6 Å². The third-order valence-corrected chi connectivity index (χ3v) is 1.13. The van der Waals surface area contributed by atoms with Gasteiger partial charge in [0.25, 0.3) is 0 Å². The Morgan fingerprint density at radius 3 is 2.30 bits per heavy atom. The summed E-state index contributed by atoms with van der Waals surface area (Å²) in [6.07, 6.45) is 0. The number of halogens is 1. The fourth-order valence-electron chi connectivity index (χ4n) is 0.371. The van der Waals surface area contributed by atoms with E-state index >= 15 is 0 Å². The molecule has 0 fully saturated rings. The summed E-state index contributed by atoms with van der Waals surface area (Å²) in [5, 5.41) is 8.17. The molecule has 1 atom stereocenters. The van der Waals surface area contributed by atoms with Crippen LogP contribution in [0.15, 0.2) is 0 Å². The van der Waals surface area contributed by atoms with Gasteiger partial charge in [-0.05, 0) is 0 Å². The highest BCUT2D eigenvalue weighted by molar-refractivity contribution is 6.30. The molecule has 54 valence electrons. The van der Waals surface area contributed by atoms with Gasteiger partial charge in [-0.1, -0.05) is 0 Å². The molecule has 0 aromatic heterocycles. The van der Waals surface area contributed by atoms with Crippen molar-refractivity contribution in [2.45, 2.75) is 0 Å². The molecule has 1 amide bonds. The molecule has 4 nitrogen and oxygen atoms in total. The SMILES string of the molecule is N#CC(C(N)=O)C(=O)CCl. The zero-order chi connectivity index (χ0) is 8.15. The van der Waals surface area contributed by atoms with Gasteiger partial charge in [0.1, 0.15) is 0 Å². The van der Waals surface area contributed by atoms with Crippen molar-refractivity contribution >= 4 is 23.3 Å². The summed E-state index contributed by atoms with van der Waals surface area (Å²) in [5.41, 5.74) is 4.68. The first kappa shape index (κ1) is 8.92. The quantitative estimate of drug-likeness (QED) is 0.443. The maximum Gasteiger partial charge on any atom is 0.242 e. The largest absolute Gasteiger partial charge is 0.368 e. The normalized spacial score (nSPS) is 11.6. The smallest absolute Gasteiger partial charge is 0.242 e. The highest BCUT2D eigenvalue weighted by atomic mass is 35.5. The van der Waals surface area contributed by atoms with Gasteiger partial charge in [-0.3, -0.25) is 9.59 Å². The maximum atomic E-state index is 10.5. The van der Waals surface area contributed by atoms with Crippen LogP contribution in [0.5, 0.6) is 0 Å². The average Bonchev–Trinajstić information content (AvgIpc) is 1.88. The molecular formula is C5H5ClN2O2. The van der Waals surface area contributed by atoms with Crippen LogP contribution in [0.2, 0.25) is 0 Å². The molecule has 2 N–H and O–H groups in total. The van der Waals surface area contributed by atoms with E-state index in [2.05, 4.69) is 5.73 Å². The zero-order valence-corrected chi connectivity index (χ0v) is 5.76. The van der Waals surface area contributed by atoms with E-state index in [4.69, 9.17) is 16.9 Å². The number of nitriles is 1. The van der Waals surface area contributed by atoms with Crippen molar-refractivity contribution in [2.24, 2.45) is 11.7 Å². The van der Waals surface area contributed by atoms with Gasteiger partial charge in [0.05, 0.1) is 11.9 Å². The Labute approximate surface area is 62.6 Å². The van der Waals surface area contributed by atoms with Crippen LogP contribution in [0, 0.1) is 17.2 Å². The van der Waals surface area contributed by atoms with Crippen LogP contribution in [0.3, 0.4) is 0 Å². The van der Waals surface area contributed by atoms with Gasteiger partial charge in [0.2, 0.25) is 5.91 Å². The average molecular weight is 161 g/mol. The van der Waals surface area contributed by atoms with Crippen molar-refractivity contribution in [3.05, 3.63) is 0 Å². The Morgan fingerprint density at radius 2 is 2.20 bits per heavy atom. The molecule has 0 bridgehead atoms. The summed E-state index contributed by atoms with van der Waals surface area (Å²) in [6.45, 7) is 0. The number of Topliss-reactive ketones (excluding diaryl/α,β-unsaturated/α-hetero) is 1. The van der Waals surface area contributed by atoms with Crippen molar-refractivity contribution in [3.63, 3.8) is 0 Å². The standard InChI is InChI=1S/C5H5ClN2O2/c6-1-4(9)3(2-7)5(8)10/h3H,1H2,(H2,8,10). The number of ketones is 1. The minimum absolute atomic E-state index is 0.360. The highest BCUT2D eigenvalue weighted by Gasteiger charge is 2.22. The fourth-order valence-corrected chi connectivity index (χ4v) is 0.526. The molecule has 1 unspecified atom stereocenters. The summed E-state index contributed by atoms with van der Waals surface area (Å²) in [6, 6.07) is 1.44. The van der Waals surface area contributed by atoms with Gasteiger partial charge in [-0.25, -0.2) is 0 Å². The lowest BCUT2D eigenvalue weighted by atomic mass is 10.1. The van der Waals surface area contributed by atoms with Gasteiger partial charge in [0.15, 0.2) is 11.7 Å². The lowest BCUT2D eigenvalue weighted by Gasteiger charge is -1.97. The van der Waals surface area contributed by atoms with Crippen LogP contribution in [0.4, 0.5) is 0 Å². The molecule has 0 saturated heterocycles. The number of hydrogen-bond acceptors (Lipinski definition) is 3. The minimum Gasteiger partial charge on any atom is -0.368 e. The van der Waals surface area contributed by atoms with Crippen LogP contribution < -0.4 is 5.73 Å². The van der Waals surface area contributed by atoms with E-state index in [0.717, 1.165) is 0 Å². The molecule has 0 heterocycles. The number of amides is 1. The van der Waals surface area contributed by atoms with Gasteiger partial charge in [0, 0.05) is 0 Å². The van der Waals surface area contributed by atoms with E-state index in [-0.39, 0.29) is 5.88 Å². The Bertz CT molecular complexity index is 196. The number of alkyl halides is 1. The lowest BCUT2D eigenvalue weighted by Crippen LogP contribution is -2.29. The van der Waals surface area contributed by atoms with Crippen molar-refractivity contribution in [3.8, 4) is 6.07 Å². The van der Waals surface area contributed by atoms with E-state index < -0.39 is 17.6 Å². The van der Waals surface area contributed by atoms with E-state index in [0.29, 0.717) is 0 Å². The third-order valence-electron chi connectivity index (χ3n) is 0.867. The molecule has 0 aromatic rings. The molecule has 0 aliphatic heterocycles. The van der Waals surface area contributed by atoms with Crippen molar-refractivity contribution in [2.75, 3.05) is 5.88 Å². The molecule has 0 aromatic carbocycles. The molecular weight excluding hydrogens is 156 g/mol. The zero-order valence-electron chi connectivity index (χ0n) is 5.00. The second-order valence-electron chi connectivity index (χ2n) is 1.56. The maximum absolute atomic E-state index is 10.5. The number of primary amides is 1. The van der Waals surface area contributed by atoms with Crippen LogP contribution in [-0.2, 0) is 9.59 Å². The number of carbonyl (C=O) groups is 2. The molecule has 0 rings (SSSR count). The van der Waals surface area contributed by atoms with E-state index in [1.807, 2.05) is 0 Å². The van der Waals surface area contributed by atoms with Crippen LogP contribution in [0.25, 0.3) is 0 Å². The Hall–Kier alpha value is -1.08. The van der Waals surface area contributed by atoms with Crippen molar-refractivity contribution in [1.82, 2.24) is 0 Å². The predicted molar refractivity (Wildman–Crippen MR) is 34.0 cm³/mol. The summed E-state index contributed by atoms with van der Waals surface area (Å²) in [4.78, 5) is 20.8. The first-order valence-electron chi connectivity index (χ1n) is 2.41. The van der Waals surface area contributed by atoms with Gasteiger partial charge in [-0.15, -0.1) is 11.6 Å². The summed E-state index contributed by atoms with van der Waals surface area (Å²) in [7, 11) is 0. The van der Waals surface area contributed by atoms with Crippen LogP contribution >= 0.6 is 11.6 Å². The summed E-state index contributed by atoms with van der Waals surface area (Å²) in [5.74, 6) is -3.36. The number of carbonyl (C=O) groups excluding carboxylic acids is 2. The first-order chi connectivity index (χ1) is 4.63. The topological polar surface area (TPSA) is 83.9 Å². The fraction of sp³-hybridized carbons (Fsp3) is 0.400. The van der Waals surface area contributed by atoms with E-state index in [1.165, 1.54) is 6.07 Å². The van der Waals surface area contributed by atoms with Crippen LogP contribution in [0.1, 0.15) is 0 Å². The second-order valence-corrected chi connectivity index (χ2v) is 1.83. The number of nitrogens with two attached hydrogens (primary N) is 1. The summed E-state index contributed by atoms with van der Waals surface area (Å²) < 4.78 is 0. The van der Waals surface area contributed by atoms with Crippen molar-refractivity contribution in [1.29, 1.82) is 5.26 Å². The number of hydrogen-bond donors (Lipinski definition) is 1. The number of nitrogens with zero attached hydrogens (tertiary/aromatic N) is 1. The monoisotopic (exact) mass is 160 g/mol. The molecule has 0 radical (unpaired) electrons. The molecule has 0 spiro atoms. The predicted octanol–water partition coefficient (Wildman–Crippen LogP) is -0.581. The van der Waals surface area contributed by atoms with E-state index in [1.54, 1.807) is 0 Å². The summed E-state index contributed by atoms with van der Waals surface area (Å²) >= 11 is 5.06. The molecule has 5 heteroatoms. The molecule has 0 saturated carbocycles. The lowest BCUT2D eigenvalue weighted by molar-refractivity contribution is -0.128. The Morgan fingerprint density at radius 1 is 1.70 bits per heavy atom. The van der Waals surface area contributed by atoms with Crippen molar-refractivity contribution < 1.29 is 9.59 Å². The Balaban J connectivity index is 4.25. The van der Waals surface area contributed by atoms with Gasteiger partial charge >= 0.3 is 0 Å². The number of rotatable bonds is 3. The molecule has 0 aliphatic carbocycles. The Kier molecular flexibility index (Phi) is 3.44. The second kappa shape index (κ2) is 3.85. The van der Waals surface area contributed by atoms with Gasteiger partial charge in [-0.2, -0.15) is 5.26 Å². The minimum atomic E-state index is -1.39. The third kappa shape index (κ3) is 2.03. The highest BCUT2D eigenvalue weighted by Crippen LogP contribution is 1.96. The van der Waals surface area contributed by atoms with E-state index in [9.17, 15) is 9.59 Å². The molecule has 10 heavy (non-hydrogen) atoms. The van der Waals surface area contributed by atoms with Gasteiger partial charge < -0.3 is 5.73 Å². The molecule has 0 aliphatic rings. The first-order valence-corrected chi connectivity index (χ1v) is 2.94.